The van der Waals surface area contributed by atoms with E-state index in [9.17, 15) is 9.59 Å². The molecule has 5 heteroatoms. The Balaban J connectivity index is 1.69. The number of carbonyl (C=O) groups excluding carboxylic acids is 2. The standard InChI is InChI=1S/C25H30N2O3/c1-26-17-9-10-18-27(24(28)19-11-3-2-4-12-19)21-14-6-8-16-23(21)30-22-15-7-5-13-20(22)25(26)29/h2-5,7,11-13,15,21,23H,6,8-10,14,16-18H2,1H3/t21-,23+/m1/s1. The summed E-state index contributed by atoms with van der Waals surface area (Å²) in [4.78, 5) is 30.2. The predicted octanol–water partition coefficient (Wildman–Crippen LogP) is 4.38. The molecule has 5 nitrogen and oxygen atoms in total. The summed E-state index contributed by atoms with van der Waals surface area (Å²) < 4.78 is 6.47. The van der Waals surface area contributed by atoms with Gasteiger partial charge in [-0.2, -0.15) is 0 Å². The van der Waals surface area contributed by atoms with Crippen molar-refractivity contribution in [2.45, 2.75) is 50.7 Å². The van der Waals surface area contributed by atoms with Crippen molar-refractivity contribution < 1.29 is 14.3 Å². The second-order valence-corrected chi connectivity index (χ2v) is 8.30. The van der Waals surface area contributed by atoms with Crippen molar-refractivity contribution >= 4 is 11.8 Å². The Labute approximate surface area is 178 Å². The average molecular weight is 407 g/mol. The first-order valence-electron chi connectivity index (χ1n) is 11.0. The Hall–Kier alpha value is -2.82. The molecule has 1 aliphatic heterocycles. The van der Waals surface area contributed by atoms with Crippen LogP contribution in [0.5, 0.6) is 5.75 Å². The summed E-state index contributed by atoms with van der Waals surface area (Å²) in [5, 5.41) is 0. The van der Waals surface area contributed by atoms with Crippen LogP contribution >= 0.6 is 0 Å². The van der Waals surface area contributed by atoms with Crippen LogP contribution in [0.25, 0.3) is 0 Å². The van der Waals surface area contributed by atoms with Gasteiger partial charge in [-0.1, -0.05) is 36.8 Å². The number of para-hydroxylation sites is 1. The molecule has 0 aromatic heterocycles. The molecule has 0 spiro atoms. The fraction of sp³-hybridized carbons (Fsp3) is 0.440. The molecule has 2 aromatic carbocycles. The zero-order chi connectivity index (χ0) is 20.9. The van der Waals surface area contributed by atoms with E-state index in [1.807, 2.05) is 66.5 Å². The van der Waals surface area contributed by atoms with Gasteiger partial charge in [-0.25, -0.2) is 0 Å². The number of fused-ring (bicyclic) bond motifs is 2. The quantitative estimate of drug-likeness (QED) is 0.706. The summed E-state index contributed by atoms with van der Waals surface area (Å²) in [7, 11) is 1.83. The van der Waals surface area contributed by atoms with E-state index in [2.05, 4.69) is 0 Å². The van der Waals surface area contributed by atoms with E-state index in [0.717, 1.165) is 44.1 Å². The van der Waals surface area contributed by atoms with Crippen LogP contribution in [-0.4, -0.2) is 53.9 Å². The summed E-state index contributed by atoms with van der Waals surface area (Å²) in [6.45, 7) is 1.34. The van der Waals surface area contributed by atoms with Crippen LogP contribution in [0.15, 0.2) is 54.6 Å². The van der Waals surface area contributed by atoms with Crippen molar-refractivity contribution in [3.05, 3.63) is 65.7 Å². The van der Waals surface area contributed by atoms with Crippen molar-refractivity contribution in [3.8, 4) is 5.75 Å². The number of rotatable bonds is 1. The van der Waals surface area contributed by atoms with Crippen molar-refractivity contribution in [1.29, 1.82) is 0 Å². The van der Waals surface area contributed by atoms with Gasteiger partial charge in [0.2, 0.25) is 0 Å². The molecule has 2 aromatic rings. The van der Waals surface area contributed by atoms with Gasteiger partial charge in [0.25, 0.3) is 11.8 Å². The highest BCUT2D eigenvalue weighted by molar-refractivity contribution is 5.97. The molecule has 2 atom stereocenters. The van der Waals surface area contributed by atoms with E-state index >= 15 is 0 Å². The summed E-state index contributed by atoms with van der Waals surface area (Å²) in [5.74, 6) is 0.695. The second kappa shape index (κ2) is 9.33. The summed E-state index contributed by atoms with van der Waals surface area (Å²) in [5.41, 5.74) is 1.33. The number of carbonyl (C=O) groups is 2. The third kappa shape index (κ3) is 4.35. The molecule has 4 rings (SSSR count). The van der Waals surface area contributed by atoms with E-state index in [1.54, 1.807) is 4.90 Å². The molecule has 2 amide bonds. The van der Waals surface area contributed by atoms with Crippen molar-refractivity contribution in [1.82, 2.24) is 9.80 Å². The molecule has 1 heterocycles. The molecular weight excluding hydrogens is 376 g/mol. The van der Waals surface area contributed by atoms with Gasteiger partial charge in [0, 0.05) is 25.7 Å². The topological polar surface area (TPSA) is 49.9 Å². The lowest BCUT2D eigenvalue weighted by Gasteiger charge is -2.40. The molecule has 158 valence electrons. The van der Waals surface area contributed by atoms with Crippen molar-refractivity contribution in [2.75, 3.05) is 20.1 Å². The highest BCUT2D eigenvalue weighted by Crippen LogP contribution is 2.31. The number of hydrogen-bond acceptors (Lipinski definition) is 3. The van der Waals surface area contributed by atoms with Crippen LogP contribution in [0, 0.1) is 0 Å². The lowest BCUT2D eigenvalue weighted by atomic mass is 9.90. The lowest BCUT2D eigenvalue weighted by Crippen LogP contribution is -2.51. The fourth-order valence-electron chi connectivity index (χ4n) is 4.58. The molecule has 30 heavy (non-hydrogen) atoms. The lowest BCUT2D eigenvalue weighted by molar-refractivity contribution is 0.0261. The second-order valence-electron chi connectivity index (χ2n) is 8.30. The molecule has 2 aliphatic rings. The number of amides is 2. The van der Waals surface area contributed by atoms with E-state index in [4.69, 9.17) is 4.74 Å². The highest BCUT2D eigenvalue weighted by atomic mass is 16.5. The molecule has 0 bridgehead atoms. The van der Waals surface area contributed by atoms with Crippen LogP contribution < -0.4 is 4.74 Å². The maximum atomic E-state index is 13.4. The SMILES string of the molecule is CN1CCCCN(C(=O)c2ccccc2)[C@@H]2CCCC[C@@H]2Oc2ccccc2C1=O. The Kier molecular flexibility index (Phi) is 6.36. The van der Waals surface area contributed by atoms with Gasteiger partial charge in [-0.15, -0.1) is 0 Å². The van der Waals surface area contributed by atoms with Gasteiger partial charge in [-0.3, -0.25) is 9.59 Å². The summed E-state index contributed by atoms with van der Waals surface area (Å²) in [6, 6.07) is 17.1. The van der Waals surface area contributed by atoms with Crippen LogP contribution in [0.1, 0.15) is 59.2 Å². The van der Waals surface area contributed by atoms with Gasteiger partial charge >= 0.3 is 0 Å². The molecule has 0 N–H and O–H groups in total. The van der Waals surface area contributed by atoms with Crippen LogP contribution in [0.3, 0.4) is 0 Å². The zero-order valence-corrected chi connectivity index (χ0v) is 17.6. The number of hydrogen-bond donors (Lipinski definition) is 0. The Bertz CT molecular complexity index is 883. The van der Waals surface area contributed by atoms with Crippen LogP contribution in [0.4, 0.5) is 0 Å². The first-order chi connectivity index (χ1) is 14.6. The maximum absolute atomic E-state index is 13.4. The molecule has 0 radical (unpaired) electrons. The van der Waals surface area contributed by atoms with Gasteiger partial charge in [0.1, 0.15) is 11.9 Å². The molecule has 1 fully saturated rings. The highest BCUT2D eigenvalue weighted by Gasteiger charge is 2.35. The largest absolute Gasteiger partial charge is 0.487 e. The van der Waals surface area contributed by atoms with Crippen molar-refractivity contribution in [2.24, 2.45) is 0 Å². The number of benzene rings is 2. The van der Waals surface area contributed by atoms with E-state index in [1.165, 1.54) is 0 Å². The van der Waals surface area contributed by atoms with Crippen LogP contribution in [0.2, 0.25) is 0 Å². The Morgan fingerprint density at radius 3 is 2.43 bits per heavy atom. The minimum Gasteiger partial charge on any atom is -0.487 e. The van der Waals surface area contributed by atoms with Gasteiger partial charge < -0.3 is 14.5 Å². The van der Waals surface area contributed by atoms with E-state index < -0.39 is 0 Å². The van der Waals surface area contributed by atoms with E-state index in [-0.39, 0.29) is 24.0 Å². The van der Waals surface area contributed by atoms with Gasteiger partial charge in [0.05, 0.1) is 11.6 Å². The third-order valence-corrected chi connectivity index (χ3v) is 6.23. The van der Waals surface area contributed by atoms with Crippen molar-refractivity contribution in [3.63, 3.8) is 0 Å². The molecular formula is C25H30N2O3. The maximum Gasteiger partial charge on any atom is 0.257 e. The molecule has 1 saturated carbocycles. The third-order valence-electron chi connectivity index (χ3n) is 6.23. The smallest absolute Gasteiger partial charge is 0.257 e. The molecule has 0 unspecified atom stereocenters. The molecule has 1 aliphatic carbocycles. The summed E-state index contributed by atoms with van der Waals surface area (Å²) >= 11 is 0. The first-order valence-corrected chi connectivity index (χ1v) is 11.0. The monoisotopic (exact) mass is 406 g/mol. The molecule has 0 saturated heterocycles. The van der Waals surface area contributed by atoms with E-state index in [0.29, 0.717) is 24.4 Å². The number of ether oxygens (including phenoxy) is 1. The zero-order valence-electron chi connectivity index (χ0n) is 17.6. The average Bonchev–Trinajstić information content (AvgIpc) is 2.79. The summed E-state index contributed by atoms with van der Waals surface area (Å²) in [6.07, 6.45) is 5.60. The van der Waals surface area contributed by atoms with Gasteiger partial charge in [0.15, 0.2) is 0 Å². The minimum absolute atomic E-state index is 0.00393. The minimum atomic E-state index is -0.106. The predicted molar refractivity (Wildman–Crippen MR) is 117 cm³/mol. The fourth-order valence-corrected chi connectivity index (χ4v) is 4.58. The first kappa shape index (κ1) is 20.5. The van der Waals surface area contributed by atoms with Crippen LogP contribution in [-0.2, 0) is 0 Å². The Morgan fingerprint density at radius 1 is 0.900 bits per heavy atom. The van der Waals surface area contributed by atoms with Gasteiger partial charge in [-0.05, 0) is 56.4 Å². The number of nitrogens with zero attached hydrogens (tertiary/aromatic N) is 2. The Morgan fingerprint density at radius 2 is 1.60 bits per heavy atom. The normalized spacial score (nSPS) is 22.8.